The first-order valence-corrected chi connectivity index (χ1v) is 5.11. The number of carbonyl (C=O) groups excluding carboxylic acids is 1. The van der Waals surface area contributed by atoms with Gasteiger partial charge in [-0.25, -0.2) is 4.79 Å². The van der Waals surface area contributed by atoms with E-state index >= 15 is 0 Å². The molecule has 2 N–H and O–H groups in total. The molecule has 1 aromatic rings. The van der Waals surface area contributed by atoms with Crippen molar-refractivity contribution < 1.29 is 4.79 Å². The van der Waals surface area contributed by atoms with Crippen molar-refractivity contribution in [3.05, 3.63) is 61.6 Å². The summed E-state index contributed by atoms with van der Waals surface area (Å²) in [6, 6.07) is 8.24. The molecule has 1 saturated carbocycles. The quantitative estimate of drug-likeness (QED) is 0.778. The summed E-state index contributed by atoms with van der Waals surface area (Å²) in [6.45, 7) is 1.96. The van der Waals surface area contributed by atoms with E-state index in [0.717, 1.165) is 17.3 Å². The fourth-order valence-electron chi connectivity index (χ4n) is 1.46. The first-order valence-electron chi connectivity index (χ1n) is 5.11. The van der Waals surface area contributed by atoms with E-state index in [1.165, 1.54) is 0 Å². The van der Waals surface area contributed by atoms with Gasteiger partial charge in [0, 0.05) is 5.69 Å². The lowest BCUT2D eigenvalue weighted by molar-refractivity contribution is 0.253. The van der Waals surface area contributed by atoms with E-state index in [1.54, 1.807) is 0 Å². The Morgan fingerprint density at radius 3 is 2.44 bits per heavy atom. The smallest absolute Gasteiger partial charge is 0.319 e. The third-order valence-electron chi connectivity index (χ3n) is 2.31. The van der Waals surface area contributed by atoms with E-state index in [-0.39, 0.29) is 6.03 Å². The van der Waals surface area contributed by atoms with Gasteiger partial charge in [0.1, 0.15) is 0 Å². The van der Waals surface area contributed by atoms with Crippen LogP contribution in [0.3, 0.4) is 0 Å². The van der Waals surface area contributed by atoms with Crippen LogP contribution in [0.2, 0.25) is 0 Å². The van der Waals surface area contributed by atoms with E-state index in [0.29, 0.717) is 0 Å². The number of carbonyl (C=O) groups is 1. The molecule has 0 spiro atoms. The van der Waals surface area contributed by atoms with Crippen LogP contribution in [0.4, 0.5) is 10.5 Å². The number of anilines is 1. The molecule has 3 nitrogen and oxygen atoms in total. The zero-order valence-electron chi connectivity index (χ0n) is 9.03. The fourth-order valence-corrected chi connectivity index (χ4v) is 1.46. The van der Waals surface area contributed by atoms with Crippen molar-refractivity contribution in [2.24, 2.45) is 0 Å². The average molecular weight is 213 g/mol. The number of amides is 2. The van der Waals surface area contributed by atoms with Crippen LogP contribution in [0, 0.1) is 38.6 Å². The highest BCUT2D eigenvalue weighted by Crippen LogP contribution is 2.20. The maximum atomic E-state index is 11.6. The van der Waals surface area contributed by atoms with Crippen LogP contribution in [0.1, 0.15) is 5.56 Å². The van der Waals surface area contributed by atoms with Gasteiger partial charge in [-0.05, 0) is 44.2 Å². The minimum absolute atomic E-state index is 0.222. The molecule has 0 unspecified atom stereocenters. The predicted molar refractivity (Wildman–Crippen MR) is 63.8 cm³/mol. The predicted octanol–water partition coefficient (Wildman–Crippen LogP) is 2.48. The SMILES string of the molecule is Cc1ccccc1NC(=O)N[C]1[CH][CH][CH][CH]1. The molecule has 16 heavy (non-hydrogen) atoms. The summed E-state index contributed by atoms with van der Waals surface area (Å²) in [5, 5.41) is 5.55. The molecular formula is C13H13N2O. The number of para-hydroxylation sites is 1. The minimum atomic E-state index is -0.222. The van der Waals surface area contributed by atoms with Crippen molar-refractivity contribution in [1.29, 1.82) is 0 Å². The van der Waals surface area contributed by atoms with E-state index in [1.807, 2.05) is 56.9 Å². The second-order valence-electron chi connectivity index (χ2n) is 3.57. The minimum Gasteiger partial charge on any atom is -0.329 e. The normalized spacial score (nSPS) is 16.1. The van der Waals surface area contributed by atoms with Crippen LogP contribution >= 0.6 is 0 Å². The summed E-state index contributed by atoms with van der Waals surface area (Å²) < 4.78 is 0. The van der Waals surface area contributed by atoms with Gasteiger partial charge < -0.3 is 10.6 Å². The van der Waals surface area contributed by atoms with Crippen molar-refractivity contribution in [2.75, 3.05) is 5.32 Å². The number of hydrogen-bond acceptors (Lipinski definition) is 1. The summed E-state index contributed by atoms with van der Waals surface area (Å²) in [7, 11) is 0. The van der Waals surface area contributed by atoms with Gasteiger partial charge in [-0.2, -0.15) is 0 Å². The van der Waals surface area contributed by atoms with Gasteiger partial charge in [-0.1, -0.05) is 18.2 Å². The van der Waals surface area contributed by atoms with E-state index in [4.69, 9.17) is 0 Å². The second-order valence-corrected chi connectivity index (χ2v) is 3.57. The summed E-state index contributed by atoms with van der Waals surface area (Å²) in [5.74, 6) is 0. The molecule has 1 aliphatic rings. The lowest BCUT2D eigenvalue weighted by Gasteiger charge is -2.12. The van der Waals surface area contributed by atoms with E-state index < -0.39 is 0 Å². The Bertz CT molecular complexity index is 370. The Hall–Kier alpha value is -1.51. The number of rotatable bonds is 2. The molecule has 0 saturated heterocycles. The van der Waals surface area contributed by atoms with Gasteiger partial charge in [0.25, 0.3) is 0 Å². The van der Waals surface area contributed by atoms with E-state index in [2.05, 4.69) is 10.6 Å². The highest BCUT2D eigenvalue weighted by Gasteiger charge is 2.19. The highest BCUT2D eigenvalue weighted by atomic mass is 16.2. The van der Waals surface area contributed by atoms with Crippen molar-refractivity contribution in [1.82, 2.24) is 5.32 Å². The zero-order valence-corrected chi connectivity index (χ0v) is 9.03. The van der Waals surface area contributed by atoms with Gasteiger partial charge in [-0.3, -0.25) is 0 Å². The molecule has 1 aliphatic carbocycles. The molecule has 0 atom stereocenters. The van der Waals surface area contributed by atoms with E-state index in [9.17, 15) is 4.79 Å². The largest absolute Gasteiger partial charge is 0.329 e. The standard InChI is InChI=1S/C13H13N2O/c1-10-6-2-5-9-12(10)15-13(16)14-11-7-3-4-8-11/h2-9H,1H3,(H2,14,15,16). The Kier molecular flexibility index (Phi) is 3.44. The van der Waals surface area contributed by atoms with Crippen molar-refractivity contribution in [3.63, 3.8) is 0 Å². The molecule has 1 aromatic carbocycles. The van der Waals surface area contributed by atoms with Gasteiger partial charge in [-0.15, -0.1) is 0 Å². The molecule has 3 heteroatoms. The van der Waals surface area contributed by atoms with Crippen molar-refractivity contribution in [3.8, 4) is 0 Å². The zero-order chi connectivity index (χ0) is 11.4. The summed E-state index contributed by atoms with van der Waals surface area (Å²) in [6.07, 6.45) is 7.45. The molecule has 0 bridgehead atoms. The monoisotopic (exact) mass is 213 g/mol. The Morgan fingerprint density at radius 1 is 1.06 bits per heavy atom. The lowest BCUT2D eigenvalue weighted by Crippen LogP contribution is -2.31. The molecule has 2 rings (SSSR count). The van der Waals surface area contributed by atoms with Gasteiger partial charge in [0.15, 0.2) is 0 Å². The van der Waals surface area contributed by atoms with Crippen molar-refractivity contribution >= 4 is 11.7 Å². The van der Waals surface area contributed by atoms with Crippen LogP contribution in [0.5, 0.6) is 0 Å². The van der Waals surface area contributed by atoms with Gasteiger partial charge in [0.2, 0.25) is 0 Å². The number of hydrogen-bond donors (Lipinski definition) is 2. The Labute approximate surface area is 96.2 Å². The lowest BCUT2D eigenvalue weighted by atomic mass is 10.2. The van der Waals surface area contributed by atoms with Crippen LogP contribution in [-0.2, 0) is 0 Å². The van der Waals surface area contributed by atoms with Crippen LogP contribution in [0.15, 0.2) is 24.3 Å². The molecule has 5 radical (unpaired) electrons. The van der Waals surface area contributed by atoms with Crippen LogP contribution in [-0.4, -0.2) is 6.03 Å². The summed E-state index contributed by atoms with van der Waals surface area (Å²) in [4.78, 5) is 11.6. The van der Waals surface area contributed by atoms with Gasteiger partial charge >= 0.3 is 6.03 Å². The number of nitrogens with one attached hydrogen (secondary N) is 2. The number of benzene rings is 1. The highest BCUT2D eigenvalue weighted by molar-refractivity contribution is 5.91. The summed E-state index contributed by atoms with van der Waals surface area (Å²) in [5.41, 5.74) is 1.87. The molecular weight excluding hydrogens is 200 g/mol. The number of aryl methyl sites for hydroxylation is 1. The molecule has 0 aromatic heterocycles. The number of urea groups is 1. The fraction of sp³-hybridized carbons (Fsp3) is 0.0769. The van der Waals surface area contributed by atoms with Crippen LogP contribution < -0.4 is 10.6 Å². The van der Waals surface area contributed by atoms with Crippen molar-refractivity contribution in [2.45, 2.75) is 6.92 Å². The Morgan fingerprint density at radius 2 is 1.75 bits per heavy atom. The maximum Gasteiger partial charge on any atom is 0.319 e. The third-order valence-corrected chi connectivity index (χ3v) is 2.31. The Balaban J connectivity index is 1.89. The molecule has 0 heterocycles. The van der Waals surface area contributed by atoms with Crippen LogP contribution in [0.25, 0.3) is 0 Å². The topological polar surface area (TPSA) is 41.1 Å². The average Bonchev–Trinajstić information content (AvgIpc) is 2.74. The molecule has 0 aliphatic heterocycles. The molecule has 2 amide bonds. The summed E-state index contributed by atoms with van der Waals surface area (Å²) >= 11 is 0. The van der Waals surface area contributed by atoms with Gasteiger partial charge in [0.05, 0.1) is 6.04 Å². The molecule has 1 fully saturated rings. The first-order chi connectivity index (χ1) is 7.75. The first kappa shape index (κ1) is 11.0. The second kappa shape index (κ2) is 5.01. The third kappa shape index (κ3) is 2.75. The molecule has 81 valence electrons. The maximum absolute atomic E-state index is 11.6.